The summed E-state index contributed by atoms with van der Waals surface area (Å²) in [6.45, 7) is 2.53. The van der Waals surface area contributed by atoms with Crippen LogP contribution in [-0.4, -0.2) is 36.3 Å². The number of rotatable bonds is 3. The van der Waals surface area contributed by atoms with Crippen LogP contribution in [0.5, 0.6) is 0 Å². The molecular weight excluding hydrogens is 180 g/mol. The molecule has 0 aliphatic carbocycles. The van der Waals surface area contributed by atoms with Gasteiger partial charge in [0.2, 0.25) is 11.8 Å². The fourth-order valence-corrected chi connectivity index (χ4v) is 2.15. The van der Waals surface area contributed by atoms with Gasteiger partial charge in [0.1, 0.15) is 0 Å². The summed E-state index contributed by atoms with van der Waals surface area (Å²) in [6, 6.07) is 0. The number of nitrogens with zero attached hydrogens (tertiary/aromatic N) is 1. The average Bonchev–Trinajstić information content (AvgIpc) is 2.72. The smallest absolute Gasteiger partial charge is 0.222 e. The monoisotopic (exact) mass is 196 g/mol. The molecule has 78 valence electrons. The Morgan fingerprint density at radius 2 is 2.29 bits per heavy atom. The fourth-order valence-electron chi connectivity index (χ4n) is 2.15. The minimum Gasteiger partial charge on any atom is -0.356 e. The van der Waals surface area contributed by atoms with Gasteiger partial charge in [0.25, 0.3) is 0 Å². The van der Waals surface area contributed by atoms with E-state index in [1.165, 1.54) is 0 Å². The van der Waals surface area contributed by atoms with Crippen LogP contribution in [0.1, 0.15) is 25.7 Å². The van der Waals surface area contributed by atoms with E-state index >= 15 is 0 Å². The highest BCUT2D eigenvalue weighted by molar-refractivity contribution is 5.78. The molecule has 2 saturated heterocycles. The minimum atomic E-state index is 0.155. The Labute approximate surface area is 83.6 Å². The lowest BCUT2D eigenvalue weighted by Crippen LogP contribution is -2.27. The van der Waals surface area contributed by atoms with Gasteiger partial charge < -0.3 is 10.2 Å². The minimum absolute atomic E-state index is 0.155. The first-order valence-corrected chi connectivity index (χ1v) is 5.30. The molecule has 0 spiro atoms. The average molecular weight is 196 g/mol. The lowest BCUT2D eigenvalue weighted by molar-refractivity contribution is -0.127. The molecule has 2 aliphatic rings. The van der Waals surface area contributed by atoms with Crippen molar-refractivity contribution in [2.45, 2.75) is 25.7 Å². The summed E-state index contributed by atoms with van der Waals surface area (Å²) in [4.78, 5) is 24.1. The van der Waals surface area contributed by atoms with Gasteiger partial charge in [-0.15, -0.1) is 0 Å². The lowest BCUT2D eigenvalue weighted by atomic mass is 10.0. The van der Waals surface area contributed by atoms with E-state index in [1.54, 1.807) is 0 Å². The van der Waals surface area contributed by atoms with Crippen LogP contribution in [0.3, 0.4) is 0 Å². The molecule has 0 radical (unpaired) electrons. The van der Waals surface area contributed by atoms with Crippen LogP contribution < -0.4 is 5.32 Å². The van der Waals surface area contributed by atoms with Gasteiger partial charge in [0.05, 0.1) is 0 Å². The Kier molecular flexibility index (Phi) is 2.70. The maximum absolute atomic E-state index is 11.3. The van der Waals surface area contributed by atoms with Crippen molar-refractivity contribution in [3.63, 3.8) is 0 Å². The Balaban J connectivity index is 1.71. The fraction of sp³-hybridized carbons (Fsp3) is 0.800. The van der Waals surface area contributed by atoms with E-state index in [0.29, 0.717) is 18.8 Å². The Hall–Kier alpha value is -1.06. The molecule has 1 atom stereocenters. The zero-order valence-corrected chi connectivity index (χ0v) is 8.29. The molecule has 0 bridgehead atoms. The molecule has 14 heavy (non-hydrogen) atoms. The Bertz CT molecular complexity index is 253. The third kappa shape index (κ3) is 2.05. The van der Waals surface area contributed by atoms with Crippen molar-refractivity contribution >= 4 is 11.8 Å². The molecule has 0 aromatic heterocycles. The molecule has 4 heteroatoms. The predicted octanol–water partition coefficient (Wildman–Crippen LogP) is 0.135. The highest BCUT2D eigenvalue weighted by Gasteiger charge is 2.24. The van der Waals surface area contributed by atoms with Crippen molar-refractivity contribution in [1.29, 1.82) is 0 Å². The molecule has 1 unspecified atom stereocenters. The number of amides is 2. The summed E-state index contributed by atoms with van der Waals surface area (Å²) in [6.07, 6.45) is 3.31. The summed E-state index contributed by atoms with van der Waals surface area (Å²) in [5.41, 5.74) is 0. The van der Waals surface area contributed by atoms with Gasteiger partial charge in [-0.05, 0) is 18.8 Å². The van der Waals surface area contributed by atoms with Gasteiger partial charge in [-0.3, -0.25) is 9.59 Å². The molecule has 2 heterocycles. The van der Waals surface area contributed by atoms with Crippen molar-refractivity contribution in [3.05, 3.63) is 0 Å². The number of carbonyl (C=O) groups excluding carboxylic acids is 2. The van der Waals surface area contributed by atoms with E-state index in [1.807, 2.05) is 4.90 Å². The van der Waals surface area contributed by atoms with Gasteiger partial charge in [-0.25, -0.2) is 0 Å². The van der Waals surface area contributed by atoms with Crippen molar-refractivity contribution in [2.24, 2.45) is 5.92 Å². The maximum atomic E-state index is 11.3. The Morgan fingerprint density at radius 1 is 1.43 bits per heavy atom. The second-order valence-electron chi connectivity index (χ2n) is 4.15. The van der Waals surface area contributed by atoms with Crippen LogP contribution in [0.15, 0.2) is 0 Å². The van der Waals surface area contributed by atoms with Crippen LogP contribution in [-0.2, 0) is 9.59 Å². The number of nitrogens with one attached hydrogen (secondary N) is 1. The number of hydrogen-bond donors (Lipinski definition) is 1. The van der Waals surface area contributed by atoms with Crippen molar-refractivity contribution in [3.8, 4) is 0 Å². The third-order valence-corrected chi connectivity index (χ3v) is 3.04. The summed E-state index contributed by atoms with van der Waals surface area (Å²) in [5.74, 6) is 0.876. The first-order chi connectivity index (χ1) is 6.75. The zero-order chi connectivity index (χ0) is 9.97. The molecule has 2 aliphatic heterocycles. The summed E-state index contributed by atoms with van der Waals surface area (Å²) >= 11 is 0. The van der Waals surface area contributed by atoms with Gasteiger partial charge in [-0.1, -0.05) is 0 Å². The van der Waals surface area contributed by atoms with Crippen molar-refractivity contribution < 1.29 is 9.59 Å². The third-order valence-electron chi connectivity index (χ3n) is 3.04. The first-order valence-electron chi connectivity index (χ1n) is 5.30. The largest absolute Gasteiger partial charge is 0.356 e. The molecule has 1 N–H and O–H groups in total. The normalized spacial score (nSPS) is 27.1. The van der Waals surface area contributed by atoms with E-state index in [-0.39, 0.29) is 11.8 Å². The van der Waals surface area contributed by atoms with E-state index in [4.69, 9.17) is 0 Å². The van der Waals surface area contributed by atoms with Crippen LogP contribution in [0.25, 0.3) is 0 Å². The predicted molar refractivity (Wildman–Crippen MR) is 51.5 cm³/mol. The molecular formula is C10H16N2O2. The van der Waals surface area contributed by atoms with Crippen LogP contribution >= 0.6 is 0 Å². The molecule has 0 aromatic rings. The molecule has 2 rings (SSSR count). The van der Waals surface area contributed by atoms with E-state index < -0.39 is 0 Å². The number of hydrogen-bond acceptors (Lipinski definition) is 2. The van der Waals surface area contributed by atoms with Crippen molar-refractivity contribution in [2.75, 3.05) is 19.6 Å². The van der Waals surface area contributed by atoms with Crippen LogP contribution in [0.4, 0.5) is 0 Å². The van der Waals surface area contributed by atoms with Gasteiger partial charge in [0.15, 0.2) is 0 Å². The highest BCUT2D eigenvalue weighted by Crippen LogP contribution is 2.16. The van der Waals surface area contributed by atoms with Crippen LogP contribution in [0.2, 0.25) is 0 Å². The number of carbonyl (C=O) groups is 2. The van der Waals surface area contributed by atoms with Gasteiger partial charge >= 0.3 is 0 Å². The molecule has 4 nitrogen and oxygen atoms in total. The second-order valence-corrected chi connectivity index (χ2v) is 4.15. The second kappa shape index (κ2) is 3.98. The number of likely N-dealkylation sites (tertiary alicyclic amines) is 1. The van der Waals surface area contributed by atoms with E-state index in [9.17, 15) is 9.59 Å². The SMILES string of the molecule is O=C1CC(CCN2CCCC2=O)CN1. The Morgan fingerprint density at radius 3 is 2.86 bits per heavy atom. The van der Waals surface area contributed by atoms with Crippen LogP contribution in [0, 0.1) is 5.92 Å². The van der Waals surface area contributed by atoms with E-state index in [2.05, 4.69) is 5.32 Å². The van der Waals surface area contributed by atoms with Gasteiger partial charge in [-0.2, -0.15) is 0 Å². The molecule has 0 aromatic carbocycles. The van der Waals surface area contributed by atoms with E-state index in [0.717, 1.165) is 32.5 Å². The highest BCUT2D eigenvalue weighted by atomic mass is 16.2. The summed E-state index contributed by atoms with van der Waals surface area (Å²) < 4.78 is 0. The molecule has 2 fully saturated rings. The van der Waals surface area contributed by atoms with Crippen molar-refractivity contribution in [1.82, 2.24) is 10.2 Å². The zero-order valence-electron chi connectivity index (χ0n) is 8.29. The molecule has 2 amide bonds. The topological polar surface area (TPSA) is 49.4 Å². The van der Waals surface area contributed by atoms with Gasteiger partial charge in [0, 0.05) is 32.5 Å². The maximum Gasteiger partial charge on any atom is 0.222 e. The summed E-state index contributed by atoms with van der Waals surface area (Å²) in [7, 11) is 0. The quantitative estimate of drug-likeness (QED) is 0.697. The standard InChI is InChI=1S/C10H16N2O2/c13-9-6-8(7-11-9)3-5-12-4-1-2-10(12)14/h8H,1-7H2,(H,11,13). The molecule has 0 saturated carbocycles. The summed E-state index contributed by atoms with van der Waals surface area (Å²) in [5, 5.41) is 2.81. The lowest BCUT2D eigenvalue weighted by Gasteiger charge is -2.17. The first kappa shape index (κ1) is 9.49.